The first-order valence-corrected chi connectivity index (χ1v) is 3.52. The minimum absolute atomic E-state index is 0.114. The number of nitrogens with zero attached hydrogens (tertiary/aromatic N) is 1. The van der Waals surface area contributed by atoms with Gasteiger partial charge in [0.15, 0.2) is 5.11 Å². The van der Waals surface area contributed by atoms with Gasteiger partial charge < -0.3 is 10.1 Å². The van der Waals surface area contributed by atoms with Crippen LogP contribution in [0.25, 0.3) is 0 Å². The van der Waals surface area contributed by atoms with E-state index in [1.807, 2.05) is 0 Å². The summed E-state index contributed by atoms with van der Waals surface area (Å²) in [5.41, 5.74) is 0.682. The molecular formula is C6H8N2O2S. The summed E-state index contributed by atoms with van der Waals surface area (Å²) in [6.07, 6.45) is 0.286. The van der Waals surface area contributed by atoms with Crippen LogP contribution in [0, 0.1) is 0 Å². The van der Waals surface area contributed by atoms with Gasteiger partial charge in [-0.2, -0.15) is 0 Å². The minimum Gasteiger partial charge on any atom is -0.379 e. The van der Waals surface area contributed by atoms with E-state index in [9.17, 15) is 4.79 Å². The Morgan fingerprint density at radius 1 is 1.82 bits per heavy atom. The first-order chi connectivity index (χ1) is 5.22. The van der Waals surface area contributed by atoms with E-state index in [0.29, 0.717) is 12.3 Å². The van der Waals surface area contributed by atoms with Gasteiger partial charge in [0.25, 0.3) is 0 Å². The van der Waals surface area contributed by atoms with Crippen LogP contribution >= 0.6 is 12.2 Å². The zero-order valence-corrected chi connectivity index (χ0v) is 6.90. The molecule has 0 spiro atoms. The first-order valence-electron chi connectivity index (χ1n) is 3.11. The first kappa shape index (κ1) is 8.29. The molecule has 1 aliphatic rings. The topological polar surface area (TPSA) is 50.7 Å². The van der Waals surface area contributed by atoms with Gasteiger partial charge in [0, 0.05) is 7.11 Å². The Labute approximate surface area is 69.6 Å². The molecule has 1 N–H and O–H groups in total. The van der Waals surface area contributed by atoms with Crippen LogP contribution in [0.2, 0.25) is 0 Å². The Morgan fingerprint density at radius 2 is 2.55 bits per heavy atom. The van der Waals surface area contributed by atoms with Crippen LogP contribution in [0.5, 0.6) is 0 Å². The van der Waals surface area contributed by atoms with E-state index in [1.54, 1.807) is 7.11 Å². The smallest absolute Gasteiger partial charge is 0.231 e. The second-order valence-electron chi connectivity index (χ2n) is 2.14. The van der Waals surface area contributed by atoms with Crippen LogP contribution in [0.15, 0.2) is 4.99 Å². The zero-order chi connectivity index (χ0) is 8.27. The quantitative estimate of drug-likeness (QED) is 0.591. The van der Waals surface area contributed by atoms with Gasteiger partial charge in [0.2, 0.25) is 5.91 Å². The number of rotatable bonds is 2. The van der Waals surface area contributed by atoms with Gasteiger partial charge >= 0.3 is 0 Å². The Morgan fingerprint density at radius 3 is 3.09 bits per heavy atom. The van der Waals surface area contributed by atoms with Crippen LogP contribution in [0.1, 0.15) is 6.42 Å². The number of hydrogen-bond acceptors (Lipinski definition) is 3. The number of methoxy groups -OCH3 is 1. The molecule has 1 aliphatic heterocycles. The Kier molecular flexibility index (Phi) is 2.67. The van der Waals surface area contributed by atoms with Gasteiger partial charge in [-0.3, -0.25) is 4.79 Å². The molecule has 4 nitrogen and oxygen atoms in total. The van der Waals surface area contributed by atoms with Crippen LogP contribution in [-0.4, -0.2) is 30.4 Å². The molecule has 0 aromatic carbocycles. The number of hydrogen-bond donors (Lipinski definition) is 1. The van der Waals surface area contributed by atoms with Crippen molar-refractivity contribution in [3.63, 3.8) is 0 Å². The molecule has 5 heteroatoms. The summed E-state index contributed by atoms with van der Waals surface area (Å²) in [6, 6.07) is 0. The number of carbonyl (C=O) groups excluding carboxylic acids is 1. The minimum atomic E-state index is -0.114. The van der Waals surface area contributed by atoms with Crippen LogP contribution in [-0.2, 0) is 9.53 Å². The lowest BCUT2D eigenvalue weighted by molar-refractivity contribution is -0.118. The second-order valence-corrected chi connectivity index (χ2v) is 2.53. The number of carbonyl (C=O) groups is 1. The van der Waals surface area contributed by atoms with Gasteiger partial charge in [-0.05, 0) is 12.2 Å². The zero-order valence-electron chi connectivity index (χ0n) is 6.09. The van der Waals surface area contributed by atoms with Crippen molar-refractivity contribution in [2.75, 3.05) is 13.7 Å². The van der Waals surface area contributed by atoms with E-state index in [1.165, 1.54) is 0 Å². The second kappa shape index (κ2) is 3.54. The van der Waals surface area contributed by atoms with Crippen molar-refractivity contribution in [2.24, 2.45) is 4.99 Å². The number of aliphatic imine (C=N–C) groups is 1. The molecule has 0 unspecified atom stereocenters. The largest absolute Gasteiger partial charge is 0.379 e. The van der Waals surface area contributed by atoms with Crippen molar-refractivity contribution in [3.8, 4) is 0 Å². The predicted octanol–water partition coefficient (Wildman–Crippen LogP) is -0.121. The summed E-state index contributed by atoms with van der Waals surface area (Å²) < 4.78 is 4.81. The van der Waals surface area contributed by atoms with Crippen LogP contribution in [0.4, 0.5) is 0 Å². The molecule has 0 atom stereocenters. The lowest BCUT2D eigenvalue weighted by Gasteiger charge is -2.11. The Balaban J connectivity index is 2.64. The van der Waals surface area contributed by atoms with Gasteiger partial charge in [-0.15, -0.1) is 0 Å². The third-order valence-electron chi connectivity index (χ3n) is 1.18. The molecule has 0 radical (unpaired) electrons. The summed E-state index contributed by atoms with van der Waals surface area (Å²) in [6.45, 7) is 0.369. The van der Waals surface area contributed by atoms with E-state index >= 15 is 0 Å². The monoisotopic (exact) mass is 172 g/mol. The van der Waals surface area contributed by atoms with E-state index < -0.39 is 0 Å². The summed E-state index contributed by atoms with van der Waals surface area (Å²) in [4.78, 5) is 14.7. The number of thiocarbonyl (C=S) groups is 1. The molecule has 0 aromatic rings. The molecule has 11 heavy (non-hydrogen) atoms. The molecule has 1 amide bonds. The fourth-order valence-corrected chi connectivity index (χ4v) is 1.05. The molecule has 1 rings (SSSR count). The molecule has 1 heterocycles. The van der Waals surface area contributed by atoms with E-state index in [0.717, 1.165) is 0 Å². The number of amides is 1. The van der Waals surface area contributed by atoms with Crippen molar-refractivity contribution in [2.45, 2.75) is 6.42 Å². The van der Waals surface area contributed by atoms with Crippen molar-refractivity contribution < 1.29 is 9.53 Å². The highest BCUT2D eigenvalue weighted by Gasteiger charge is 2.14. The normalized spacial score (nSPS) is 17.7. The van der Waals surface area contributed by atoms with Gasteiger partial charge in [0.05, 0.1) is 18.7 Å². The molecular weight excluding hydrogens is 164 g/mol. The highest BCUT2D eigenvalue weighted by atomic mass is 32.1. The Hall–Kier alpha value is -0.810. The maximum atomic E-state index is 10.8. The highest BCUT2D eigenvalue weighted by Crippen LogP contribution is 1.96. The maximum Gasteiger partial charge on any atom is 0.231 e. The molecule has 60 valence electrons. The maximum absolute atomic E-state index is 10.8. The fourth-order valence-electron chi connectivity index (χ4n) is 0.810. The molecule has 0 aliphatic carbocycles. The molecule has 0 saturated carbocycles. The number of ether oxygens (including phenoxy) is 1. The molecule has 0 bridgehead atoms. The van der Waals surface area contributed by atoms with Crippen LogP contribution < -0.4 is 5.32 Å². The lowest BCUT2D eigenvalue weighted by atomic mass is 10.2. The SMILES string of the molecule is COCC1=NC(=S)NC(=O)C1. The predicted molar refractivity (Wildman–Crippen MR) is 44.7 cm³/mol. The van der Waals surface area contributed by atoms with Gasteiger partial charge in [0.1, 0.15) is 0 Å². The lowest BCUT2D eigenvalue weighted by Crippen LogP contribution is -2.36. The summed E-state index contributed by atoms with van der Waals surface area (Å²) in [5, 5.41) is 2.65. The van der Waals surface area contributed by atoms with Crippen molar-refractivity contribution in [1.82, 2.24) is 5.32 Å². The summed E-state index contributed by atoms with van der Waals surface area (Å²) >= 11 is 4.70. The summed E-state index contributed by atoms with van der Waals surface area (Å²) in [7, 11) is 1.55. The van der Waals surface area contributed by atoms with Crippen molar-refractivity contribution in [3.05, 3.63) is 0 Å². The van der Waals surface area contributed by atoms with E-state index in [2.05, 4.69) is 10.3 Å². The van der Waals surface area contributed by atoms with Crippen LogP contribution in [0.3, 0.4) is 0 Å². The van der Waals surface area contributed by atoms with E-state index in [-0.39, 0.29) is 17.4 Å². The number of nitrogens with one attached hydrogen (secondary N) is 1. The molecule has 0 fully saturated rings. The molecule has 0 aromatic heterocycles. The Bertz CT molecular complexity index is 225. The average Bonchev–Trinajstić information content (AvgIpc) is 1.85. The average molecular weight is 172 g/mol. The van der Waals surface area contributed by atoms with Gasteiger partial charge in [-0.1, -0.05) is 0 Å². The van der Waals surface area contributed by atoms with Crippen molar-refractivity contribution >= 4 is 28.9 Å². The molecule has 0 saturated heterocycles. The summed E-state index contributed by atoms with van der Waals surface area (Å²) in [5.74, 6) is -0.114. The van der Waals surface area contributed by atoms with Gasteiger partial charge in [-0.25, -0.2) is 4.99 Å². The third-order valence-corrected chi connectivity index (χ3v) is 1.37. The third kappa shape index (κ3) is 2.36. The van der Waals surface area contributed by atoms with Crippen molar-refractivity contribution in [1.29, 1.82) is 0 Å². The standard InChI is InChI=1S/C6H8N2O2S/c1-10-3-4-2-5(9)8-6(11)7-4/h2-3H2,1H3,(H,8,9,11). The van der Waals surface area contributed by atoms with E-state index in [4.69, 9.17) is 17.0 Å². The fraction of sp³-hybridized carbons (Fsp3) is 0.500. The highest BCUT2D eigenvalue weighted by molar-refractivity contribution is 7.80.